The number of hydrazone groups is 1. The molecule has 3 amide bonds. The molecule has 3 unspecified atom stereocenters. The number of aryl methyl sites for hydroxylation is 1. The minimum absolute atomic E-state index is 0.0830. The van der Waals surface area contributed by atoms with Crippen molar-refractivity contribution in [1.82, 2.24) is 5.43 Å². The van der Waals surface area contributed by atoms with E-state index < -0.39 is 17.7 Å². The van der Waals surface area contributed by atoms with Gasteiger partial charge < -0.3 is 15.4 Å². The van der Waals surface area contributed by atoms with E-state index in [-0.39, 0.29) is 40.0 Å². The fraction of sp³-hybridized carbons (Fsp3) is 0.269. The van der Waals surface area contributed by atoms with Crippen LogP contribution in [0.15, 0.2) is 65.5 Å². The maximum atomic E-state index is 12.7. The van der Waals surface area contributed by atoms with Crippen LogP contribution in [0.2, 0.25) is 0 Å². The molecule has 2 aliphatic rings. The number of Topliss-reactive ketones (excluding diaryl/α,β-unsaturated/α-hetero) is 1. The van der Waals surface area contributed by atoms with Gasteiger partial charge >= 0.3 is 11.8 Å². The van der Waals surface area contributed by atoms with E-state index >= 15 is 0 Å². The molecule has 1 aliphatic carbocycles. The van der Waals surface area contributed by atoms with Crippen molar-refractivity contribution in [2.24, 2.45) is 11.0 Å². The molecule has 1 aliphatic heterocycles. The number of ether oxygens (including phenoxy) is 1. The van der Waals surface area contributed by atoms with Gasteiger partial charge in [-0.05, 0) is 50.5 Å². The van der Waals surface area contributed by atoms with Gasteiger partial charge in [-0.1, -0.05) is 29.8 Å². The standard InChI is InChI=1S/C26H25ClN4O5/c1-15-6-9-18(10-7-15)29-24(33)19-4-2-3-5-21(19)30-25(34)26(35)31-28-13-16-14-36-22-11-8-17(27)12-20(22)23(16)32/h2-7,9-10,13-14,17,20,22H,8,11-12H2,1H3,(H,29,33)(H,30,34)(H,31,35)/b28-13+. The summed E-state index contributed by atoms with van der Waals surface area (Å²) in [7, 11) is 0. The molecule has 4 rings (SSSR count). The largest absolute Gasteiger partial charge is 0.496 e. The number of hydrogen-bond donors (Lipinski definition) is 3. The number of anilines is 2. The molecule has 3 atom stereocenters. The Kier molecular flexibility index (Phi) is 7.80. The lowest BCUT2D eigenvalue weighted by atomic mass is 9.80. The van der Waals surface area contributed by atoms with Crippen molar-refractivity contribution < 1.29 is 23.9 Å². The number of para-hydroxylation sites is 1. The van der Waals surface area contributed by atoms with E-state index in [1.807, 2.05) is 19.1 Å². The second-order valence-corrected chi connectivity index (χ2v) is 9.27. The van der Waals surface area contributed by atoms with E-state index in [2.05, 4.69) is 21.2 Å². The number of carbonyl (C=O) groups excluding carboxylic acids is 4. The van der Waals surface area contributed by atoms with Gasteiger partial charge in [0.25, 0.3) is 5.91 Å². The number of fused-ring (bicyclic) bond motifs is 1. The third kappa shape index (κ3) is 5.98. The summed E-state index contributed by atoms with van der Waals surface area (Å²) >= 11 is 6.19. The first-order chi connectivity index (χ1) is 17.3. The van der Waals surface area contributed by atoms with Gasteiger partial charge in [-0.25, -0.2) is 5.43 Å². The highest BCUT2D eigenvalue weighted by atomic mass is 35.5. The van der Waals surface area contributed by atoms with Gasteiger partial charge in [0.1, 0.15) is 6.10 Å². The van der Waals surface area contributed by atoms with Gasteiger partial charge in [0.2, 0.25) is 0 Å². The summed E-state index contributed by atoms with van der Waals surface area (Å²) in [6, 6.07) is 13.6. The summed E-state index contributed by atoms with van der Waals surface area (Å²) in [6.07, 6.45) is 4.26. The summed E-state index contributed by atoms with van der Waals surface area (Å²) in [5, 5.41) is 8.81. The molecule has 1 fully saturated rings. The van der Waals surface area contributed by atoms with Crippen molar-refractivity contribution in [3.63, 3.8) is 0 Å². The van der Waals surface area contributed by atoms with Crippen LogP contribution >= 0.6 is 11.6 Å². The fourth-order valence-electron chi connectivity index (χ4n) is 4.07. The highest BCUT2D eigenvalue weighted by molar-refractivity contribution is 6.40. The topological polar surface area (TPSA) is 126 Å². The first kappa shape index (κ1) is 25.1. The summed E-state index contributed by atoms with van der Waals surface area (Å²) in [5.74, 6) is -3.06. The van der Waals surface area contributed by atoms with Crippen LogP contribution in [0.25, 0.3) is 0 Å². The number of carbonyl (C=O) groups is 4. The van der Waals surface area contributed by atoms with Crippen molar-refractivity contribution in [2.45, 2.75) is 37.7 Å². The summed E-state index contributed by atoms with van der Waals surface area (Å²) in [4.78, 5) is 50.1. The summed E-state index contributed by atoms with van der Waals surface area (Å²) in [5.41, 5.74) is 4.25. The van der Waals surface area contributed by atoms with Crippen LogP contribution in [-0.4, -0.2) is 41.2 Å². The van der Waals surface area contributed by atoms with Gasteiger partial charge in [-0.3, -0.25) is 19.2 Å². The van der Waals surface area contributed by atoms with E-state index in [1.54, 1.807) is 24.3 Å². The Hall–Kier alpha value is -3.98. The fourth-order valence-corrected chi connectivity index (χ4v) is 4.39. The highest BCUT2D eigenvalue weighted by Gasteiger charge is 2.39. The molecule has 0 aromatic heterocycles. The maximum absolute atomic E-state index is 12.7. The number of nitrogens with one attached hydrogen (secondary N) is 3. The van der Waals surface area contributed by atoms with Crippen LogP contribution in [0.4, 0.5) is 11.4 Å². The molecule has 0 spiro atoms. The van der Waals surface area contributed by atoms with Crippen LogP contribution in [0.1, 0.15) is 35.2 Å². The average molecular weight is 509 g/mol. The second-order valence-electron chi connectivity index (χ2n) is 8.65. The molecule has 9 nitrogen and oxygen atoms in total. The number of hydrogen-bond acceptors (Lipinski definition) is 6. The van der Waals surface area contributed by atoms with Crippen molar-refractivity contribution >= 4 is 52.7 Å². The molecule has 3 N–H and O–H groups in total. The van der Waals surface area contributed by atoms with Crippen molar-refractivity contribution in [3.8, 4) is 0 Å². The molecular weight excluding hydrogens is 484 g/mol. The van der Waals surface area contributed by atoms with E-state index in [1.165, 1.54) is 18.4 Å². The smallest absolute Gasteiger partial charge is 0.329 e. The van der Waals surface area contributed by atoms with Crippen molar-refractivity contribution in [1.29, 1.82) is 0 Å². The third-order valence-electron chi connectivity index (χ3n) is 6.02. The monoisotopic (exact) mass is 508 g/mol. The lowest BCUT2D eigenvalue weighted by Crippen LogP contribution is -2.40. The predicted molar refractivity (Wildman–Crippen MR) is 136 cm³/mol. The number of ketones is 1. The Morgan fingerprint density at radius 1 is 1.03 bits per heavy atom. The highest BCUT2D eigenvalue weighted by Crippen LogP contribution is 2.34. The molecule has 0 bridgehead atoms. The Morgan fingerprint density at radius 2 is 1.78 bits per heavy atom. The lowest BCUT2D eigenvalue weighted by molar-refractivity contribution is -0.136. The van der Waals surface area contributed by atoms with Crippen LogP contribution in [0.3, 0.4) is 0 Å². The summed E-state index contributed by atoms with van der Waals surface area (Å²) in [6.45, 7) is 1.94. The van der Waals surface area contributed by atoms with Gasteiger partial charge in [0.15, 0.2) is 5.78 Å². The van der Waals surface area contributed by atoms with Crippen molar-refractivity contribution in [2.75, 3.05) is 10.6 Å². The zero-order valence-electron chi connectivity index (χ0n) is 19.5. The number of nitrogens with zero attached hydrogens (tertiary/aromatic N) is 1. The number of benzene rings is 2. The first-order valence-corrected chi connectivity index (χ1v) is 11.9. The zero-order valence-corrected chi connectivity index (χ0v) is 20.2. The van der Waals surface area contributed by atoms with E-state index in [9.17, 15) is 19.2 Å². The maximum Gasteiger partial charge on any atom is 0.329 e. The molecule has 0 saturated heterocycles. The molecule has 2 aromatic rings. The minimum Gasteiger partial charge on any atom is -0.496 e. The second kappa shape index (κ2) is 11.2. The first-order valence-electron chi connectivity index (χ1n) is 11.5. The van der Waals surface area contributed by atoms with E-state index in [0.717, 1.165) is 18.2 Å². The molecule has 1 saturated carbocycles. The number of halogens is 1. The molecule has 186 valence electrons. The lowest BCUT2D eigenvalue weighted by Gasteiger charge is -2.35. The van der Waals surface area contributed by atoms with E-state index in [0.29, 0.717) is 18.5 Å². The van der Waals surface area contributed by atoms with Gasteiger partial charge in [0.05, 0.1) is 35.2 Å². The van der Waals surface area contributed by atoms with Gasteiger partial charge in [-0.15, -0.1) is 11.6 Å². The number of allylic oxidation sites excluding steroid dienone is 1. The number of alkyl halides is 1. The average Bonchev–Trinajstić information content (AvgIpc) is 2.87. The van der Waals surface area contributed by atoms with Gasteiger partial charge in [-0.2, -0.15) is 5.10 Å². The SMILES string of the molecule is Cc1ccc(NC(=O)c2ccccc2NC(=O)C(=O)N/N=C/C2=COC3CCC(Cl)CC3C2=O)cc1. The van der Waals surface area contributed by atoms with Crippen LogP contribution in [0.5, 0.6) is 0 Å². The minimum atomic E-state index is -1.07. The quantitative estimate of drug-likeness (QED) is 0.246. The normalized spacial score (nSPS) is 21.1. The van der Waals surface area contributed by atoms with Crippen LogP contribution < -0.4 is 16.1 Å². The molecule has 1 heterocycles. The molecular formula is C26H25ClN4O5. The van der Waals surface area contributed by atoms with Crippen LogP contribution in [-0.2, 0) is 19.1 Å². The summed E-state index contributed by atoms with van der Waals surface area (Å²) < 4.78 is 5.62. The predicted octanol–water partition coefficient (Wildman–Crippen LogP) is 3.55. The Labute approximate surface area is 212 Å². The third-order valence-corrected chi connectivity index (χ3v) is 6.42. The zero-order chi connectivity index (χ0) is 25.7. The molecule has 10 heteroatoms. The molecule has 0 radical (unpaired) electrons. The number of amides is 3. The van der Waals surface area contributed by atoms with Gasteiger partial charge in [0, 0.05) is 11.1 Å². The number of rotatable bonds is 5. The Balaban J connectivity index is 1.35. The Bertz CT molecular complexity index is 1240. The van der Waals surface area contributed by atoms with E-state index in [4.69, 9.17) is 16.3 Å². The Morgan fingerprint density at radius 3 is 2.56 bits per heavy atom. The molecule has 36 heavy (non-hydrogen) atoms. The van der Waals surface area contributed by atoms with Crippen LogP contribution in [0, 0.1) is 12.8 Å². The molecule has 2 aromatic carbocycles. The van der Waals surface area contributed by atoms with Crippen molar-refractivity contribution in [3.05, 3.63) is 71.5 Å².